The van der Waals surface area contributed by atoms with Crippen molar-refractivity contribution in [1.29, 1.82) is 0 Å². The number of Topliss-reactive ketones (excluding diaryl/α,β-unsaturated/α-hetero) is 1. The van der Waals surface area contributed by atoms with Crippen LogP contribution in [0.3, 0.4) is 0 Å². The lowest BCUT2D eigenvalue weighted by atomic mass is 10.0. The molecular formula is C23H28N2O2. The Balaban J connectivity index is 1.68. The number of ketones is 1. The topological polar surface area (TPSA) is 49.4 Å². The number of carbonyl (C=O) groups excluding carboxylic acids is 2. The zero-order valence-electron chi connectivity index (χ0n) is 16.2. The molecule has 0 fully saturated rings. The number of rotatable bonds is 7. The summed E-state index contributed by atoms with van der Waals surface area (Å²) in [6, 6.07) is 18.3. The van der Waals surface area contributed by atoms with Gasteiger partial charge in [-0.1, -0.05) is 48.5 Å². The van der Waals surface area contributed by atoms with Crippen LogP contribution in [-0.4, -0.2) is 30.3 Å². The molecule has 1 N–H and O–H groups in total. The molecule has 4 nitrogen and oxygen atoms in total. The van der Waals surface area contributed by atoms with Gasteiger partial charge in [0.15, 0.2) is 0 Å². The highest BCUT2D eigenvalue weighted by Gasteiger charge is 2.31. The molecule has 4 heteroatoms. The number of hydrogen-bond acceptors (Lipinski definition) is 3. The minimum absolute atomic E-state index is 0.00158. The number of aryl methyl sites for hydroxylation is 2. The number of nitrogens with zero attached hydrogens (tertiary/aromatic N) is 1. The highest BCUT2D eigenvalue weighted by atomic mass is 16.2. The van der Waals surface area contributed by atoms with Crippen molar-refractivity contribution in [2.45, 2.75) is 51.6 Å². The van der Waals surface area contributed by atoms with Gasteiger partial charge >= 0.3 is 0 Å². The zero-order valence-corrected chi connectivity index (χ0v) is 16.2. The summed E-state index contributed by atoms with van der Waals surface area (Å²) in [6.07, 6.45) is 3.53. The van der Waals surface area contributed by atoms with Gasteiger partial charge in [-0.05, 0) is 56.7 Å². The molecule has 1 unspecified atom stereocenters. The van der Waals surface area contributed by atoms with Crippen LogP contribution in [0.25, 0.3) is 0 Å². The summed E-state index contributed by atoms with van der Waals surface area (Å²) in [4.78, 5) is 26.6. The van der Waals surface area contributed by atoms with E-state index in [1.165, 1.54) is 12.5 Å². The largest absolute Gasteiger partial charge is 0.303 e. The van der Waals surface area contributed by atoms with Crippen molar-refractivity contribution in [3.05, 3.63) is 65.7 Å². The lowest BCUT2D eigenvalue weighted by Gasteiger charge is -2.27. The third-order valence-corrected chi connectivity index (χ3v) is 5.12. The maximum absolute atomic E-state index is 13.2. The second-order valence-electron chi connectivity index (χ2n) is 7.44. The molecule has 2 atom stereocenters. The third kappa shape index (κ3) is 5.04. The van der Waals surface area contributed by atoms with Crippen molar-refractivity contribution < 1.29 is 9.59 Å². The first-order valence-electron chi connectivity index (χ1n) is 9.73. The average Bonchev–Trinajstić information content (AvgIpc) is 2.79. The molecule has 0 aliphatic carbocycles. The number of anilines is 1. The lowest BCUT2D eigenvalue weighted by Crippen LogP contribution is -2.50. The summed E-state index contributed by atoms with van der Waals surface area (Å²) >= 11 is 0. The molecule has 1 heterocycles. The first kappa shape index (κ1) is 19.3. The van der Waals surface area contributed by atoms with Gasteiger partial charge in [-0.3, -0.25) is 9.59 Å². The van der Waals surface area contributed by atoms with Gasteiger partial charge in [-0.25, -0.2) is 0 Å². The maximum atomic E-state index is 13.2. The molecule has 142 valence electrons. The zero-order chi connectivity index (χ0) is 19.2. The molecule has 0 radical (unpaired) electrons. The van der Waals surface area contributed by atoms with Crippen LogP contribution in [0.15, 0.2) is 54.6 Å². The van der Waals surface area contributed by atoms with Crippen LogP contribution in [-0.2, 0) is 22.4 Å². The van der Waals surface area contributed by atoms with Crippen LogP contribution < -0.4 is 10.2 Å². The van der Waals surface area contributed by atoms with Gasteiger partial charge in [-0.2, -0.15) is 0 Å². The minimum Gasteiger partial charge on any atom is -0.303 e. The van der Waals surface area contributed by atoms with Crippen LogP contribution >= 0.6 is 0 Å². The van der Waals surface area contributed by atoms with E-state index < -0.39 is 0 Å². The van der Waals surface area contributed by atoms with Crippen LogP contribution in [0, 0.1) is 0 Å². The summed E-state index contributed by atoms with van der Waals surface area (Å²) in [5.74, 6) is -0.00218. The molecule has 1 aliphatic rings. The Hall–Kier alpha value is -2.46. The summed E-state index contributed by atoms with van der Waals surface area (Å²) in [5.41, 5.74) is 3.32. The molecule has 1 aliphatic heterocycles. The van der Waals surface area contributed by atoms with Crippen LogP contribution in [0.2, 0.25) is 0 Å². The number of amides is 1. The van der Waals surface area contributed by atoms with Gasteiger partial charge in [0.25, 0.3) is 0 Å². The van der Waals surface area contributed by atoms with Gasteiger partial charge in [0.1, 0.15) is 5.78 Å². The van der Waals surface area contributed by atoms with Gasteiger partial charge in [0.05, 0.1) is 12.6 Å². The first-order valence-corrected chi connectivity index (χ1v) is 9.73. The van der Waals surface area contributed by atoms with E-state index in [4.69, 9.17) is 0 Å². The van der Waals surface area contributed by atoms with Crippen molar-refractivity contribution in [1.82, 2.24) is 5.32 Å². The molecule has 0 spiro atoms. The van der Waals surface area contributed by atoms with Crippen LogP contribution in [0.4, 0.5) is 5.69 Å². The van der Waals surface area contributed by atoms with E-state index in [1.54, 1.807) is 4.90 Å². The van der Waals surface area contributed by atoms with E-state index in [0.29, 0.717) is 0 Å². The number of carbonyl (C=O) groups is 2. The highest BCUT2D eigenvalue weighted by Crippen LogP contribution is 2.27. The number of para-hydroxylation sites is 1. The summed E-state index contributed by atoms with van der Waals surface area (Å²) < 4.78 is 0. The second-order valence-corrected chi connectivity index (χ2v) is 7.44. The van der Waals surface area contributed by atoms with Crippen molar-refractivity contribution in [3.8, 4) is 0 Å². The van der Waals surface area contributed by atoms with Gasteiger partial charge in [-0.15, -0.1) is 0 Å². The molecule has 0 saturated carbocycles. The van der Waals surface area contributed by atoms with E-state index >= 15 is 0 Å². The predicted molar refractivity (Wildman–Crippen MR) is 109 cm³/mol. The third-order valence-electron chi connectivity index (χ3n) is 5.12. The molecule has 2 aromatic carbocycles. The lowest BCUT2D eigenvalue weighted by molar-refractivity contribution is -0.123. The molecular weight excluding hydrogens is 336 g/mol. The predicted octanol–water partition coefficient (Wildman–Crippen LogP) is 3.53. The number of fused-ring (bicyclic) bond motifs is 1. The number of nitrogens with one attached hydrogen (secondary N) is 1. The van der Waals surface area contributed by atoms with Gasteiger partial charge in [0.2, 0.25) is 5.91 Å². The van der Waals surface area contributed by atoms with Crippen molar-refractivity contribution in [2.24, 2.45) is 0 Å². The first-order chi connectivity index (χ1) is 13.0. The fourth-order valence-electron chi connectivity index (χ4n) is 3.71. The van der Waals surface area contributed by atoms with E-state index in [0.717, 1.165) is 36.9 Å². The smallest absolute Gasteiger partial charge is 0.244 e. The molecule has 1 amide bonds. The number of benzene rings is 2. The second kappa shape index (κ2) is 8.96. The van der Waals surface area contributed by atoms with Crippen molar-refractivity contribution in [3.63, 3.8) is 0 Å². The Bertz CT molecular complexity index is 788. The fraction of sp³-hybridized carbons (Fsp3) is 0.391. The number of hydrogen-bond donors (Lipinski definition) is 1. The van der Waals surface area contributed by atoms with Gasteiger partial charge < -0.3 is 10.2 Å². The highest BCUT2D eigenvalue weighted by molar-refractivity contribution is 6.02. The molecule has 0 saturated heterocycles. The molecule has 0 aromatic heterocycles. The molecule has 27 heavy (non-hydrogen) atoms. The Kier molecular flexibility index (Phi) is 6.40. The van der Waals surface area contributed by atoms with Crippen LogP contribution in [0.1, 0.15) is 37.8 Å². The quantitative estimate of drug-likeness (QED) is 0.818. The maximum Gasteiger partial charge on any atom is 0.244 e. The molecule has 2 aromatic rings. The standard InChI is InChI=1S/C23H28N2O2/c1-17(12-13-19-8-4-3-5-9-19)24-21-15-14-20-10-6-7-11-22(20)25(23(21)27)16-18(2)26/h3-11,17,21,24H,12-16H2,1-2H3/t17?,21-/m0/s1. The van der Waals surface area contributed by atoms with E-state index in [9.17, 15) is 9.59 Å². The summed E-state index contributed by atoms with van der Waals surface area (Å²) in [6.45, 7) is 3.79. The van der Waals surface area contributed by atoms with Crippen LogP contribution in [0.5, 0.6) is 0 Å². The normalized spacial score (nSPS) is 17.9. The van der Waals surface area contributed by atoms with E-state index in [-0.39, 0.29) is 30.3 Å². The summed E-state index contributed by atoms with van der Waals surface area (Å²) in [5, 5.41) is 3.51. The Morgan fingerprint density at radius 1 is 1.15 bits per heavy atom. The monoisotopic (exact) mass is 364 g/mol. The fourth-order valence-corrected chi connectivity index (χ4v) is 3.71. The molecule has 3 rings (SSSR count). The van der Waals surface area contributed by atoms with E-state index in [1.807, 2.05) is 24.3 Å². The SMILES string of the molecule is CC(=O)CN1C(=O)[C@@H](NC(C)CCc2ccccc2)CCc2ccccc21. The Labute approximate surface area is 161 Å². The molecule has 0 bridgehead atoms. The average molecular weight is 364 g/mol. The van der Waals surface area contributed by atoms with Crippen molar-refractivity contribution >= 4 is 17.4 Å². The summed E-state index contributed by atoms with van der Waals surface area (Å²) in [7, 11) is 0. The Morgan fingerprint density at radius 3 is 2.59 bits per heavy atom. The van der Waals surface area contributed by atoms with Gasteiger partial charge in [0, 0.05) is 11.7 Å². The van der Waals surface area contributed by atoms with Crippen molar-refractivity contribution in [2.75, 3.05) is 11.4 Å². The Morgan fingerprint density at radius 2 is 1.85 bits per heavy atom. The van der Waals surface area contributed by atoms with E-state index in [2.05, 4.69) is 42.6 Å². The minimum atomic E-state index is -0.262.